The summed E-state index contributed by atoms with van der Waals surface area (Å²) in [6.07, 6.45) is 0. The predicted molar refractivity (Wildman–Crippen MR) is 235 cm³/mol. The molecule has 3 heterocycles. The van der Waals surface area contributed by atoms with Crippen molar-refractivity contribution < 1.29 is 0 Å². The maximum Gasteiger partial charge on any atom is 0.238 e. The van der Waals surface area contributed by atoms with E-state index in [1.807, 2.05) is 47.7 Å². The molecule has 1 aliphatic carbocycles. The van der Waals surface area contributed by atoms with Gasteiger partial charge in [-0.15, -0.1) is 11.3 Å². The third-order valence-electron chi connectivity index (χ3n) is 11.7. The number of thiophene rings is 1. The largest absolute Gasteiger partial charge is 0.278 e. The minimum Gasteiger partial charge on any atom is -0.278 e. The highest BCUT2D eigenvalue weighted by Crippen LogP contribution is 2.63. The molecule has 0 saturated heterocycles. The molecule has 0 unspecified atom stereocenters. The lowest BCUT2D eigenvalue weighted by Crippen LogP contribution is -2.36. The Morgan fingerprint density at radius 1 is 0.368 bits per heavy atom. The first kappa shape index (κ1) is 32.1. The fourth-order valence-corrected chi connectivity index (χ4v) is 10.4. The van der Waals surface area contributed by atoms with E-state index < -0.39 is 5.41 Å². The molecule has 5 heteroatoms. The highest BCUT2D eigenvalue weighted by atomic mass is 32.1. The van der Waals surface area contributed by atoms with Crippen LogP contribution in [0.1, 0.15) is 22.3 Å². The van der Waals surface area contributed by atoms with Crippen LogP contribution in [0.25, 0.3) is 65.2 Å². The molecule has 8 aromatic carbocycles. The highest BCUT2D eigenvalue weighted by molar-refractivity contribution is 7.25. The van der Waals surface area contributed by atoms with Crippen LogP contribution in [-0.4, -0.2) is 15.0 Å². The van der Waals surface area contributed by atoms with E-state index in [1.165, 1.54) is 59.1 Å². The van der Waals surface area contributed by atoms with Crippen molar-refractivity contribution in [2.75, 3.05) is 4.90 Å². The zero-order valence-electron chi connectivity index (χ0n) is 30.7. The summed E-state index contributed by atoms with van der Waals surface area (Å²) in [5.74, 6) is 1.82. The number of hydrogen-bond donors (Lipinski definition) is 0. The molecule has 2 aromatic heterocycles. The Kier molecular flexibility index (Phi) is 6.98. The van der Waals surface area contributed by atoms with Gasteiger partial charge in [-0.3, -0.25) is 4.90 Å². The SMILES string of the molecule is c1ccc(-c2nc(-c3ccccc3)nc(N3c4ccccc4C4(c5ccccc5-c5ccccc54)c4ccc(-c5ccc6sc7ccccc7c6c5)cc43)n2)cc1. The Morgan fingerprint density at radius 2 is 0.895 bits per heavy atom. The van der Waals surface area contributed by atoms with Crippen molar-refractivity contribution in [2.45, 2.75) is 5.41 Å². The molecular weight excluding hydrogens is 713 g/mol. The fourth-order valence-electron chi connectivity index (χ4n) is 9.31. The fraction of sp³-hybridized carbons (Fsp3) is 0.0192. The molecule has 0 amide bonds. The minimum absolute atomic E-state index is 0.570. The summed E-state index contributed by atoms with van der Waals surface area (Å²) in [4.78, 5) is 18.0. The summed E-state index contributed by atoms with van der Waals surface area (Å²) in [6, 6.07) is 69.8. The normalized spacial score (nSPS) is 13.4. The average Bonchev–Trinajstić information content (AvgIpc) is 3.80. The van der Waals surface area contributed by atoms with Gasteiger partial charge in [0, 0.05) is 31.3 Å². The van der Waals surface area contributed by atoms with Gasteiger partial charge in [-0.1, -0.05) is 164 Å². The molecule has 266 valence electrons. The van der Waals surface area contributed by atoms with Gasteiger partial charge in [-0.25, -0.2) is 4.98 Å². The second kappa shape index (κ2) is 12.4. The number of nitrogens with zero attached hydrogens (tertiary/aromatic N) is 4. The summed E-state index contributed by atoms with van der Waals surface area (Å²) in [5, 5.41) is 2.57. The summed E-state index contributed by atoms with van der Waals surface area (Å²) in [6.45, 7) is 0. The quantitative estimate of drug-likeness (QED) is 0.180. The van der Waals surface area contributed by atoms with E-state index in [1.54, 1.807) is 0 Å². The van der Waals surface area contributed by atoms with Gasteiger partial charge < -0.3 is 0 Å². The van der Waals surface area contributed by atoms with E-state index in [4.69, 9.17) is 15.0 Å². The van der Waals surface area contributed by atoms with E-state index in [0.29, 0.717) is 17.6 Å². The molecule has 2 aliphatic rings. The number of fused-ring (bicyclic) bond motifs is 12. The third kappa shape index (κ3) is 4.70. The summed E-state index contributed by atoms with van der Waals surface area (Å²) >= 11 is 1.85. The highest BCUT2D eigenvalue weighted by Gasteiger charge is 2.52. The Morgan fingerprint density at radius 3 is 1.60 bits per heavy atom. The van der Waals surface area contributed by atoms with Crippen LogP contribution in [0.4, 0.5) is 17.3 Å². The van der Waals surface area contributed by atoms with Gasteiger partial charge in [-0.2, -0.15) is 9.97 Å². The molecular formula is C52H32N4S. The number of para-hydroxylation sites is 1. The van der Waals surface area contributed by atoms with E-state index >= 15 is 0 Å². The van der Waals surface area contributed by atoms with Gasteiger partial charge in [0.1, 0.15) is 0 Å². The molecule has 0 fully saturated rings. The van der Waals surface area contributed by atoms with Crippen molar-refractivity contribution in [2.24, 2.45) is 0 Å². The molecule has 10 aromatic rings. The number of benzene rings is 8. The maximum atomic E-state index is 5.33. The van der Waals surface area contributed by atoms with Crippen molar-refractivity contribution >= 4 is 48.8 Å². The smallest absolute Gasteiger partial charge is 0.238 e. The summed E-state index contributed by atoms with van der Waals surface area (Å²) in [7, 11) is 0. The lowest BCUT2D eigenvalue weighted by atomic mass is 9.64. The standard InChI is InChI=1S/C52H32N4S/c1-3-15-33(16-4-1)49-53-50(34-17-5-2-6-18-34)55-51(54-49)56-45-25-13-12-24-43(45)52(41-22-10-7-19-37(41)38-20-8-11-23-42(38)52)44-29-27-36(32-46(44)56)35-28-30-48-40(31-35)39-21-9-14-26-47(39)57-48/h1-32H. The topological polar surface area (TPSA) is 41.9 Å². The summed E-state index contributed by atoms with van der Waals surface area (Å²) < 4.78 is 2.59. The first-order chi connectivity index (χ1) is 28.3. The second-order valence-corrected chi connectivity index (χ2v) is 15.8. The van der Waals surface area contributed by atoms with Crippen molar-refractivity contribution in [1.29, 1.82) is 0 Å². The number of rotatable bonds is 4. The second-order valence-electron chi connectivity index (χ2n) is 14.7. The number of hydrogen-bond acceptors (Lipinski definition) is 5. The zero-order chi connectivity index (χ0) is 37.5. The molecule has 57 heavy (non-hydrogen) atoms. The van der Waals surface area contributed by atoms with Crippen molar-refractivity contribution in [1.82, 2.24) is 15.0 Å². The van der Waals surface area contributed by atoms with E-state index in [2.05, 4.69) is 163 Å². The van der Waals surface area contributed by atoms with Crippen LogP contribution in [0.3, 0.4) is 0 Å². The van der Waals surface area contributed by atoms with Crippen LogP contribution < -0.4 is 4.90 Å². The minimum atomic E-state index is -0.570. The van der Waals surface area contributed by atoms with Crippen molar-refractivity contribution in [3.05, 3.63) is 216 Å². The Labute approximate surface area is 334 Å². The average molecular weight is 745 g/mol. The van der Waals surface area contributed by atoms with E-state index in [-0.39, 0.29) is 0 Å². The Hall–Kier alpha value is -7.21. The van der Waals surface area contributed by atoms with E-state index in [0.717, 1.165) is 28.1 Å². The van der Waals surface area contributed by atoms with Gasteiger partial charge in [0.05, 0.1) is 16.8 Å². The third-order valence-corrected chi connectivity index (χ3v) is 12.9. The van der Waals surface area contributed by atoms with Crippen LogP contribution in [0.15, 0.2) is 194 Å². The Bertz CT molecular complexity index is 3100. The van der Waals surface area contributed by atoms with Gasteiger partial charge >= 0.3 is 0 Å². The Balaban J connectivity index is 1.17. The maximum absolute atomic E-state index is 5.33. The van der Waals surface area contributed by atoms with E-state index in [9.17, 15) is 0 Å². The first-order valence-electron chi connectivity index (χ1n) is 19.3. The molecule has 0 saturated carbocycles. The predicted octanol–water partition coefficient (Wildman–Crippen LogP) is 13.4. The van der Waals surface area contributed by atoms with Gasteiger partial charge in [-0.05, 0) is 74.8 Å². The summed E-state index contributed by atoms with van der Waals surface area (Å²) in [5.41, 5.74) is 13.1. The molecule has 0 radical (unpaired) electrons. The monoisotopic (exact) mass is 744 g/mol. The lowest BCUT2D eigenvalue weighted by molar-refractivity contribution is 0.749. The zero-order valence-corrected chi connectivity index (χ0v) is 31.5. The van der Waals surface area contributed by atoms with Gasteiger partial charge in [0.15, 0.2) is 11.6 Å². The van der Waals surface area contributed by atoms with Gasteiger partial charge in [0.2, 0.25) is 5.95 Å². The molecule has 0 bridgehead atoms. The molecule has 0 N–H and O–H groups in total. The lowest BCUT2D eigenvalue weighted by Gasteiger charge is -2.44. The molecule has 4 nitrogen and oxygen atoms in total. The van der Waals surface area contributed by atoms with Crippen molar-refractivity contribution in [3.8, 4) is 45.0 Å². The van der Waals surface area contributed by atoms with Crippen LogP contribution in [0, 0.1) is 0 Å². The molecule has 0 atom stereocenters. The molecule has 1 aliphatic heterocycles. The first-order valence-corrected chi connectivity index (χ1v) is 20.1. The van der Waals surface area contributed by atoms with Crippen LogP contribution in [0.5, 0.6) is 0 Å². The number of aromatic nitrogens is 3. The van der Waals surface area contributed by atoms with Crippen LogP contribution in [-0.2, 0) is 5.41 Å². The molecule has 1 spiro atoms. The van der Waals surface area contributed by atoms with Gasteiger partial charge in [0.25, 0.3) is 0 Å². The van der Waals surface area contributed by atoms with Crippen LogP contribution >= 0.6 is 11.3 Å². The molecule has 12 rings (SSSR count). The van der Waals surface area contributed by atoms with Crippen LogP contribution in [0.2, 0.25) is 0 Å². The van der Waals surface area contributed by atoms with Crippen molar-refractivity contribution in [3.63, 3.8) is 0 Å². The number of anilines is 3.